The van der Waals surface area contributed by atoms with Gasteiger partial charge < -0.3 is 20.6 Å². The second kappa shape index (κ2) is 4.40. The zero-order chi connectivity index (χ0) is 11.4. The van der Waals surface area contributed by atoms with E-state index < -0.39 is 17.1 Å². The topological polar surface area (TPSA) is 124 Å². The number of imidazole rings is 1. The molecule has 0 radical (unpaired) electrons. The number of amides is 1. The first kappa shape index (κ1) is 11.0. The predicted octanol–water partition coefficient (Wildman–Crippen LogP) is 0.344. The number of aromatic amines is 1. The van der Waals surface area contributed by atoms with Gasteiger partial charge in [-0.25, -0.2) is 14.8 Å². The van der Waals surface area contributed by atoms with Crippen LogP contribution in [0.4, 0.5) is 10.6 Å². The summed E-state index contributed by atoms with van der Waals surface area (Å²) in [6, 6.07) is 0. The molecule has 8 heteroatoms. The van der Waals surface area contributed by atoms with Gasteiger partial charge in [-0.2, -0.15) is 0 Å². The van der Waals surface area contributed by atoms with Crippen molar-refractivity contribution in [2.75, 3.05) is 0 Å². The molecular formula is C7H10N4O4. The van der Waals surface area contributed by atoms with Crippen LogP contribution in [0.1, 0.15) is 12.7 Å². The van der Waals surface area contributed by atoms with Gasteiger partial charge in [0.05, 0.1) is 6.42 Å². The van der Waals surface area contributed by atoms with Crippen LogP contribution in [0.5, 0.6) is 0 Å². The summed E-state index contributed by atoms with van der Waals surface area (Å²) in [6.07, 6.45) is -0.0138. The minimum absolute atomic E-state index is 0.198. The SMILES string of the molecule is CC(Cc1ncc([N+](=O)[O-])[nH]1)OC(N)=O. The smallest absolute Gasteiger partial charge is 0.404 e. The first-order chi connectivity index (χ1) is 6.99. The third-order valence-corrected chi connectivity index (χ3v) is 1.61. The molecular weight excluding hydrogens is 204 g/mol. The number of hydrogen-bond acceptors (Lipinski definition) is 5. The molecule has 1 aromatic rings. The zero-order valence-corrected chi connectivity index (χ0v) is 7.97. The number of nitrogens with zero attached hydrogens (tertiary/aromatic N) is 2. The standard InChI is InChI=1S/C7H10N4O4/c1-4(15-7(8)12)2-5-9-3-6(10-5)11(13)14/h3-4H,2H2,1H3,(H2,8,12)(H,9,10). The van der Waals surface area contributed by atoms with Crippen molar-refractivity contribution in [1.82, 2.24) is 9.97 Å². The molecule has 1 rings (SSSR count). The molecule has 0 bridgehead atoms. The van der Waals surface area contributed by atoms with Crippen LogP contribution in [0.3, 0.4) is 0 Å². The molecule has 1 atom stereocenters. The summed E-state index contributed by atoms with van der Waals surface area (Å²) in [4.78, 5) is 26.3. The number of nitrogens with one attached hydrogen (secondary N) is 1. The van der Waals surface area contributed by atoms with E-state index in [0.29, 0.717) is 5.82 Å². The van der Waals surface area contributed by atoms with Crippen molar-refractivity contribution in [1.29, 1.82) is 0 Å². The van der Waals surface area contributed by atoms with Crippen molar-refractivity contribution in [2.24, 2.45) is 5.73 Å². The maximum atomic E-state index is 10.4. The lowest BCUT2D eigenvalue weighted by Crippen LogP contribution is -2.22. The van der Waals surface area contributed by atoms with Crippen LogP contribution in [0.15, 0.2) is 6.20 Å². The van der Waals surface area contributed by atoms with Crippen LogP contribution in [-0.4, -0.2) is 27.1 Å². The number of H-pyrrole nitrogens is 1. The molecule has 0 aliphatic rings. The number of primary amides is 1. The van der Waals surface area contributed by atoms with Crippen molar-refractivity contribution in [2.45, 2.75) is 19.4 Å². The fourth-order valence-electron chi connectivity index (χ4n) is 1.06. The number of carbonyl (C=O) groups is 1. The van der Waals surface area contributed by atoms with E-state index in [9.17, 15) is 14.9 Å². The van der Waals surface area contributed by atoms with E-state index in [2.05, 4.69) is 14.7 Å². The number of aromatic nitrogens is 2. The first-order valence-corrected chi connectivity index (χ1v) is 4.13. The molecule has 1 heterocycles. The van der Waals surface area contributed by atoms with E-state index in [1.807, 2.05) is 0 Å². The summed E-state index contributed by atoms with van der Waals surface area (Å²) < 4.78 is 4.63. The van der Waals surface area contributed by atoms with E-state index in [1.165, 1.54) is 0 Å². The van der Waals surface area contributed by atoms with Gasteiger partial charge in [-0.1, -0.05) is 0 Å². The van der Waals surface area contributed by atoms with Crippen LogP contribution in [-0.2, 0) is 11.2 Å². The average molecular weight is 214 g/mol. The molecule has 82 valence electrons. The van der Waals surface area contributed by atoms with Gasteiger partial charge in [-0.05, 0) is 11.8 Å². The molecule has 0 aliphatic carbocycles. The fourth-order valence-corrected chi connectivity index (χ4v) is 1.06. The van der Waals surface area contributed by atoms with Crippen molar-refractivity contribution in [3.8, 4) is 0 Å². The van der Waals surface area contributed by atoms with E-state index in [1.54, 1.807) is 6.92 Å². The van der Waals surface area contributed by atoms with Crippen LogP contribution < -0.4 is 5.73 Å². The molecule has 1 unspecified atom stereocenters. The van der Waals surface area contributed by atoms with Crippen LogP contribution in [0.2, 0.25) is 0 Å². The molecule has 1 amide bonds. The number of ether oxygens (including phenoxy) is 1. The number of nitrogens with two attached hydrogens (primary N) is 1. The van der Waals surface area contributed by atoms with Crippen LogP contribution in [0.25, 0.3) is 0 Å². The zero-order valence-electron chi connectivity index (χ0n) is 7.97. The summed E-state index contributed by atoms with van der Waals surface area (Å²) in [5.74, 6) is 0.173. The van der Waals surface area contributed by atoms with Gasteiger partial charge >= 0.3 is 11.9 Å². The Hall–Kier alpha value is -2.12. The number of rotatable bonds is 4. The maximum absolute atomic E-state index is 10.4. The fraction of sp³-hybridized carbons (Fsp3) is 0.429. The van der Waals surface area contributed by atoms with Gasteiger partial charge in [0.15, 0.2) is 5.82 Å². The van der Waals surface area contributed by atoms with Crippen molar-refractivity contribution in [3.05, 3.63) is 22.1 Å². The molecule has 0 aliphatic heterocycles. The third kappa shape index (κ3) is 3.25. The Balaban J connectivity index is 2.57. The van der Waals surface area contributed by atoms with E-state index >= 15 is 0 Å². The monoisotopic (exact) mass is 214 g/mol. The molecule has 0 aromatic carbocycles. The second-order valence-corrected chi connectivity index (χ2v) is 2.92. The lowest BCUT2D eigenvalue weighted by Gasteiger charge is -2.07. The highest BCUT2D eigenvalue weighted by molar-refractivity contribution is 5.64. The third-order valence-electron chi connectivity index (χ3n) is 1.61. The Kier molecular flexibility index (Phi) is 3.21. The van der Waals surface area contributed by atoms with Crippen LogP contribution >= 0.6 is 0 Å². The summed E-state index contributed by atoms with van der Waals surface area (Å²) in [5, 5.41) is 10.3. The molecule has 15 heavy (non-hydrogen) atoms. The summed E-state index contributed by atoms with van der Waals surface area (Å²) in [7, 11) is 0. The van der Waals surface area contributed by atoms with Gasteiger partial charge in [-0.15, -0.1) is 0 Å². The molecule has 0 fully saturated rings. The van der Waals surface area contributed by atoms with Crippen molar-refractivity contribution < 1.29 is 14.5 Å². The average Bonchev–Trinajstić information content (AvgIpc) is 2.50. The van der Waals surface area contributed by atoms with Gasteiger partial charge in [-0.3, -0.25) is 0 Å². The van der Waals surface area contributed by atoms with Crippen molar-refractivity contribution in [3.63, 3.8) is 0 Å². The van der Waals surface area contributed by atoms with Gasteiger partial charge in [0.1, 0.15) is 12.3 Å². The van der Waals surface area contributed by atoms with Crippen LogP contribution in [0, 0.1) is 10.1 Å². The quantitative estimate of drug-likeness (QED) is 0.552. The Morgan fingerprint density at radius 3 is 3.00 bits per heavy atom. The Bertz CT molecular complexity index is 375. The van der Waals surface area contributed by atoms with Gasteiger partial charge in [0.25, 0.3) is 0 Å². The predicted molar refractivity (Wildman–Crippen MR) is 49.1 cm³/mol. The second-order valence-electron chi connectivity index (χ2n) is 2.92. The Labute approximate surface area is 84.6 Å². The van der Waals surface area contributed by atoms with Gasteiger partial charge in [0.2, 0.25) is 0 Å². The number of carbonyl (C=O) groups excluding carboxylic acids is 1. The molecule has 8 nitrogen and oxygen atoms in total. The number of hydrogen-bond donors (Lipinski definition) is 2. The maximum Gasteiger partial charge on any atom is 0.404 e. The lowest BCUT2D eigenvalue weighted by molar-refractivity contribution is -0.389. The lowest BCUT2D eigenvalue weighted by atomic mass is 10.3. The summed E-state index contributed by atoms with van der Waals surface area (Å²) >= 11 is 0. The minimum atomic E-state index is -0.886. The summed E-state index contributed by atoms with van der Waals surface area (Å²) in [5.41, 5.74) is 4.80. The number of nitro groups is 1. The highest BCUT2D eigenvalue weighted by Gasteiger charge is 2.14. The highest BCUT2D eigenvalue weighted by atomic mass is 16.6. The van der Waals surface area contributed by atoms with E-state index in [4.69, 9.17) is 5.73 Å². The molecule has 0 saturated carbocycles. The Morgan fingerprint density at radius 1 is 1.87 bits per heavy atom. The summed E-state index contributed by atoms with van der Waals surface area (Å²) in [6.45, 7) is 1.61. The molecule has 0 saturated heterocycles. The van der Waals surface area contributed by atoms with Crippen molar-refractivity contribution >= 4 is 11.9 Å². The minimum Gasteiger partial charge on any atom is -0.446 e. The Morgan fingerprint density at radius 2 is 2.53 bits per heavy atom. The molecule has 3 N–H and O–H groups in total. The van der Waals surface area contributed by atoms with Gasteiger partial charge in [0, 0.05) is 0 Å². The van der Waals surface area contributed by atoms with E-state index in [0.717, 1.165) is 6.20 Å². The molecule has 1 aromatic heterocycles. The largest absolute Gasteiger partial charge is 0.446 e. The molecule has 0 spiro atoms. The first-order valence-electron chi connectivity index (χ1n) is 4.13. The normalized spacial score (nSPS) is 12.1. The highest BCUT2D eigenvalue weighted by Crippen LogP contribution is 2.08. The van der Waals surface area contributed by atoms with E-state index in [-0.39, 0.29) is 12.2 Å².